The first kappa shape index (κ1) is 9.83. The molecule has 0 aliphatic carbocycles. The third-order valence-corrected chi connectivity index (χ3v) is 2.28. The molecule has 0 saturated heterocycles. The molecule has 1 aromatic carbocycles. The highest BCUT2D eigenvalue weighted by Crippen LogP contribution is 2.22. The average molecular weight is 205 g/mol. The van der Waals surface area contributed by atoms with Gasteiger partial charge < -0.3 is 0 Å². The van der Waals surface area contributed by atoms with Crippen molar-refractivity contribution < 1.29 is 4.39 Å². The Balaban J connectivity index is 2.58. The Morgan fingerprint density at radius 3 is 2.73 bits per heavy atom. The van der Waals surface area contributed by atoms with E-state index in [4.69, 9.17) is 0 Å². The standard InChI is InChI=1S/C11H12FN3/c1-8(2)10-4-3-9(12)7-11(10)15-6-5-13-14-15/h3-8H,1-2H3. The molecule has 0 aliphatic rings. The fraction of sp³-hybridized carbons (Fsp3) is 0.273. The largest absolute Gasteiger partial charge is 0.220 e. The summed E-state index contributed by atoms with van der Waals surface area (Å²) in [6.07, 6.45) is 3.29. The molecule has 3 nitrogen and oxygen atoms in total. The van der Waals surface area contributed by atoms with E-state index in [1.54, 1.807) is 23.1 Å². The van der Waals surface area contributed by atoms with E-state index in [1.807, 2.05) is 0 Å². The number of halogens is 1. The minimum Gasteiger partial charge on any atom is -0.220 e. The molecule has 0 N–H and O–H groups in total. The zero-order valence-corrected chi connectivity index (χ0v) is 8.68. The minimum atomic E-state index is -0.259. The van der Waals surface area contributed by atoms with Crippen molar-refractivity contribution in [3.8, 4) is 5.69 Å². The summed E-state index contributed by atoms with van der Waals surface area (Å²) in [5.74, 6) is 0.0645. The molecule has 0 spiro atoms. The summed E-state index contributed by atoms with van der Waals surface area (Å²) in [5.41, 5.74) is 1.81. The van der Waals surface area contributed by atoms with Crippen LogP contribution in [0.3, 0.4) is 0 Å². The maximum Gasteiger partial charge on any atom is 0.125 e. The van der Waals surface area contributed by atoms with Crippen molar-refractivity contribution in [1.29, 1.82) is 0 Å². The fourth-order valence-corrected chi connectivity index (χ4v) is 1.54. The molecule has 4 heteroatoms. The van der Waals surface area contributed by atoms with Gasteiger partial charge in [0.2, 0.25) is 0 Å². The molecule has 1 aromatic heterocycles. The van der Waals surface area contributed by atoms with Crippen molar-refractivity contribution in [2.45, 2.75) is 19.8 Å². The van der Waals surface area contributed by atoms with Gasteiger partial charge in [-0.1, -0.05) is 25.1 Å². The SMILES string of the molecule is CC(C)c1ccc(F)cc1-n1ccnn1. The average Bonchev–Trinajstić information content (AvgIpc) is 2.69. The predicted molar refractivity (Wildman–Crippen MR) is 55.4 cm³/mol. The Morgan fingerprint density at radius 2 is 2.13 bits per heavy atom. The van der Waals surface area contributed by atoms with Crippen LogP contribution in [0.5, 0.6) is 0 Å². The summed E-state index contributed by atoms with van der Waals surface area (Å²) in [4.78, 5) is 0. The van der Waals surface area contributed by atoms with E-state index in [1.165, 1.54) is 12.1 Å². The number of benzene rings is 1. The van der Waals surface area contributed by atoms with Gasteiger partial charge in [-0.15, -0.1) is 5.10 Å². The first-order chi connectivity index (χ1) is 7.18. The molecular weight excluding hydrogens is 193 g/mol. The van der Waals surface area contributed by atoms with E-state index in [9.17, 15) is 4.39 Å². The summed E-state index contributed by atoms with van der Waals surface area (Å²) in [7, 11) is 0. The van der Waals surface area contributed by atoms with Crippen molar-refractivity contribution in [2.24, 2.45) is 0 Å². The van der Waals surface area contributed by atoms with Crippen LogP contribution in [0.25, 0.3) is 5.69 Å². The fourth-order valence-electron chi connectivity index (χ4n) is 1.54. The van der Waals surface area contributed by atoms with Crippen molar-refractivity contribution in [1.82, 2.24) is 15.0 Å². The Bertz CT molecular complexity index is 449. The third kappa shape index (κ3) is 1.88. The van der Waals surface area contributed by atoms with Crippen LogP contribution in [-0.4, -0.2) is 15.0 Å². The number of nitrogens with zero attached hydrogens (tertiary/aromatic N) is 3. The first-order valence-electron chi connectivity index (χ1n) is 4.84. The van der Waals surface area contributed by atoms with Crippen molar-refractivity contribution >= 4 is 0 Å². The Labute approximate surface area is 87.5 Å². The summed E-state index contributed by atoms with van der Waals surface area (Å²) in [6.45, 7) is 4.13. The summed E-state index contributed by atoms with van der Waals surface area (Å²) in [5, 5.41) is 7.59. The quantitative estimate of drug-likeness (QED) is 0.754. The number of hydrogen-bond donors (Lipinski definition) is 0. The van der Waals surface area contributed by atoms with Gasteiger partial charge in [-0.2, -0.15) is 0 Å². The molecule has 0 aliphatic heterocycles. The normalized spacial score (nSPS) is 10.9. The van der Waals surface area contributed by atoms with Gasteiger partial charge in [-0.3, -0.25) is 0 Å². The monoisotopic (exact) mass is 205 g/mol. The molecule has 0 radical (unpaired) electrons. The van der Waals surface area contributed by atoms with E-state index >= 15 is 0 Å². The molecular formula is C11H12FN3. The van der Waals surface area contributed by atoms with E-state index < -0.39 is 0 Å². The zero-order valence-electron chi connectivity index (χ0n) is 8.68. The van der Waals surface area contributed by atoms with Crippen molar-refractivity contribution in [3.63, 3.8) is 0 Å². The Hall–Kier alpha value is -1.71. The molecule has 1 heterocycles. The highest BCUT2D eigenvalue weighted by atomic mass is 19.1. The van der Waals surface area contributed by atoms with Gasteiger partial charge >= 0.3 is 0 Å². The van der Waals surface area contributed by atoms with Crippen LogP contribution < -0.4 is 0 Å². The molecule has 2 aromatic rings. The molecule has 0 unspecified atom stereocenters. The predicted octanol–water partition coefficient (Wildman–Crippen LogP) is 2.53. The van der Waals surface area contributed by atoms with Crippen LogP contribution in [0.15, 0.2) is 30.6 Å². The number of rotatable bonds is 2. The van der Waals surface area contributed by atoms with Crippen LogP contribution in [0.4, 0.5) is 4.39 Å². The van der Waals surface area contributed by atoms with Crippen LogP contribution in [0, 0.1) is 5.82 Å². The lowest BCUT2D eigenvalue weighted by Crippen LogP contribution is -2.02. The van der Waals surface area contributed by atoms with E-state index in [2.05, 4.69) is 24.2 Å². The highest BCUT2D eigenvalue weighted by molar-refractivity contribution is 5.42. The lowest BCUT2D eigenvalue weighted by molar-refractivity contribution is 0.622. The zero-order chi connectivity index (χ0) is 10.8. The maximum absolute atomic E-state index is 13.1. The number of aromatic nitrogens is 3. The molecule has 0 saturated carbocycles. The van der Waals surface area contributed by atoms with Crippen LogP contribution in [0.1, 0.15) is 25.3 Å². The maximum atomic E-state index is 13.1. The number of hydrogen-bond acceptors (Lipinski definition) is 2. The lowest BCUT2D eigenvalue weighted by Gasteiger charge is -2.11. The Kier molecular flexibility index (Phi) is 2.49. The Morgan fingerprint density at radius 1 is 1.33 bits per heavy atom. The smallest absolute Gasteiger partial charge is 0.125 e. The molecule has 2 rings (SSSR count). The van der Waals surface area contributed by atoms with Gasteiger partial charge in [0.1, 0.15) is 5.82 Å². The van der Waals surface area contributed by atoms with Gasteiger partial charge in [0.25, 0.3) is 0 Å². The van der Waals surface area contributed by atoms with Gasteiger partial charge in [0, 0.05) is 0 Å². The van der Waals surface area contributed by atoms with Crippen LogP contribution in [-0.2, 0) is 0 Å². The van der Waals surface area contributed by atoms with Crippen LogP contribution in [0.2, 0.25) is 0 Å². The molecule has 0 bridgehead atoms. The summed E-state index contributed by atoms with van der Waals surface area (Å²) in [6, 6.07) is 4.73. The van der Waals surface area contributed by atoms with Crippen molar-refractivity contribution in [2.75, 3.05) is 0 Å². The topological polar surface area (TPSA) is 30.7 Å². The summed E-state index contributed by atoms with van der Waals surface area (Å²) >= 11 is 0. The molecule has 0 atom stereocenters. The van der Waals surface area contributed by atoms with E-state index in [0.29, 0.717) is 5.92 Å². The summed E-state index contributed by atoms with van der Waals surface area (Å²) < 4.78 is 14.7. The second-order valence-corrected chi connectivity index (χ2v) is 3.71. The molecule has 0 amide bonds. The van der Waals surface area contributed by atoms with E-state index in [-0.39, 0.29) is 5.82 Å². The van der Waals surface area contributed by atoms with Crippen LogP contribution >= 0.6 is 0 Å². The van der Waals surface area contributed by atoms with Gasteiger partial charge in [-0.25, -0.2) is 9.07 Å². The van der Waals surface area contributed by atoms with Gasteiger partial charge in [0.15, 0.2) is 0 Å². The highest BCUT2D eigenvalue weighted by Gasteiger charge is 2.09. The second kappa shape index (κ2) is 3.81. The lowest BCUT2D eigenvalue weighted by atomic mass is 10.0. The second-order valence-electron chi connectivity index (χ2n) is 3.71. The molecule has 0 fully saturated rings. The molecule has 78 valence electrons. The molecule has 15 heavy (non-hydrogen) atoms. The third-order valence-electron chi connectivity index (χ3n) is 2.28. The van der Waals surface area contributed by atoms with Gasteiger partial charge in [-0.05, 0) is 23.6 Å². The first-order valence-corrected chi connectivity index (χ1v) is 4.84. The minimum absolute atomic E-state index is 0.259. The van der Waals surface area contributed by atoms with E-state index in [0.717, 1.165) is 11.3 Å². The van der Waals surface area contributed by atoms with Crippen molar-refractivity contribution in [3.05, 3.63) is 42.0 Å². The van der Waals surface area contributed by atoms with Gasteiger partial charge in [0.05, 0.1) is 18.1 Å².